The minimum absolute atomic E-state index is 0.0355. The molecule has 2 atom stereocenters. The first-order chi connectivity index (χ1) is 11.0. The van der Waals surface area contributed by atoms with Crippen LogP contribution in [0, 0.1) is 17.8 Å². The van der Waals surface area contributed by atoms with Gasteiger partial charge in [-0.3, -0.25) is 14.6 Å². The average Bonchev–Trinajstić information content (AvgIpc) is 2.49. The van der Waals surface area contributed by atoms with Crippen molar-refractivity contribution < 1.29 is 14.6 Å². The summed E-state index contributed by atoms with van der Waals surface area (Å²) < 4.78 is 0. The zero-order valence-electron chi connectivity index (χ0n) is 14.7. The van der Waals surface area contributed by atoms with E-state index in [1.807, 2.05) is 0 Å². The molecule has 3 heteroatoms. The van der Waals surface area contributed by atoms with Crippen molar-refractivity contribution in [3.05, 3.63) is 35.4 Å². The van der Waals surface area contributed by atoms with Crippen LogP contribution < -0.4 is 9.80 Å². The van der Waals surface area contributed by atoms with Crippen LogP contribution in [0.1, 0.15) is 50.4 Å². The Morgan fingerprint density at radius 3 is 2.48 bits per heavy atom. The summed E-state index contributed by atoms with van der Waals surface area (Å²) >= 11 is 0. The molecule has 5 rings (SSSR count). The summed E-state index contributed by atoms with van der Waals surface area (Å²) in [5.41, 5.74) is 2.69. The smallest absolute Gasteiger partial charge is 0.240 e. The van der Waals surface area contributed by atoms with Crippen LogP contribution >= 0.6 is 0 Å². The van der Waals surface area contributed by atoms with Crippen LogP contribution in [-0.2, 0) is 4.79 Å². The van der Waals surface area contributed by atoms with E-state index in [2.05, 4.69) is 45.0 Å². The number of aryl methyl sites for hydroxylation is 1. The van der Waals surface area contributed by atoms with Gasteiger partial charge in [0.25, 0.3) is 0 Å². The number of hydrogen-bond acceptors (Lipinski definition) is 1. The van der Waals surface area contributed by atoms with E-state index in [1.54, 1.807) is 9.80 Å². The maximum absolute atomic E-state index is 13.2. The molecule has 2 unspecified atom stereocenters. The van der Waals surface area contributed by atoms with Crippen LogP contribution in [0.25, 0.3) is 0 Å². The van der Waals surface area contributed by atoms with Crippen molar-refractivity contribution in [2.24, 2.45) is 10.8 Å². The Hall–Kier alpha value is -1.19. The second-order valence-corrected chi connectivity index (χ2v) is 8.64. The van der Waals surface area contributed by atoms with Gasteiger partial charge in [-0.25, -0.2) is 0 Å². The summed E-state index contributed by atoms with van der Waals surface area (Å²) in [6.07, 6.45) is 4.02. The molecule has 4 heterocycles. The molecule has 4 saturated heterocycles. The molecule has 4 bridgehead atoms. The maximum Gasteiger partial charge on any atom is 0.240 e. The monoisotopic (exact) mass is 314 g/mol. The zero-order chi connectivity index (χ0) is 16.2. The molecule has 0 saturated carbocycles. The second kappa shape index (κ2) is 5.15. The van der Waals surface area contributed by atoms with Crippen molar-refractivity contribution in [2.45, 2.75) is 46.2 Å². The number of carbonyl (C=O) groups excluding carboxylic acids is 1. The van der Waals surface area contributed by atoms with E-state index >= 15 is 0 Å². The number of nitrogens with one attached hydrogen (secondary N) is 2. The first kappa shape index (κ1) is 15.3. The highest BCUT2D eigenvalue weighted by Gasteiger charge is 2.69. The average molecular weight is 314 g/mol. The molecule has 2 N–H and O–H groups in total. The van der Waals surface area contributed by atoms with Crippen LogP contribution in [0.4, 0.5) is 0 Å². The Labute approximate surface area is 139 Å². The minimum Gasteiger partial charge on any atom is -0.297 e. The number of quaternary nitrogens is 2. The third-order valence-corrected chi connectivity index (χ3v) is 6.60. The summed E-state index contributed by atoms with van der Waals surface area (Å²) in [6.45, 7) is 10.8. The number of hydrogen-bond donors (Lipinski definition) is 2. The van der Waals surface area contributed by atoms with Gasteiger partial charge in [0.15, 0.2) is 5.78 Å². The summed E-state index contributed by atoms with van der Waals surface area (Å²) in [5.74, 6) is 0.591. The number of unbranched alkanes of at least 4 members (excludes halogenated alkanes) is 1. The lowest BCUT2D eigenvalue weighted by Crippen LogP contribution is -3.41. The van der Waals surface area contributed by atoms with Gasteiger partial charge in [-0.2, -0.15) is 0 Å². The molecule has 0 spiro atoms. The minimum atomic E-state index is -0.0881. The van der Waals surface area contributed by atoms with E-state index < -0.39 is 0 Å². The molecule has 3 nitrogen and oxygen atoms in total. The van der Waals surface area contributed by atoms with Gasteiger partial charge in [0.1, 0.15) is 23.9 Å². The number of piperidine rings is 2. The van der Waals surface area contributed by atoms with E-state index in [4.69, 9.17) is 0 Å². The zero-order valence-corrected chi connectivity index (χ0v) is 14.7. The Morgan fingerprint density at radius 1 is 1.17 bits per heavy atom. The second-order valence-electron chi connectivity index (χ2n) is 8.64. The molecule has 1 aromatic carbocycles. The summed E-state index contributed by atoms with van der Waals surface area (Å²) in [4.78, 5) is 16.5. The Kier molecular flexibility index (Phi) is 3.44. The van der Waals surface area contributed by atoms with Gasteiger partial charge in [0.2, 0.25) is 6.17 Å². The van der Waals surface area contributed by atoms with Crippen molar-refractivity contribution in [3.8, 4) is 0 Å². The molecule has 0 aromatic heterocycles. The lowest BCUT2D eigenvalue weighted by atomic mass is 9.59. The van der Waals surface area contributed by atoms with Crippen LogP contribution in [0.15, 0.2) is 24.3 Å². The lowest BCUT2D eigenvalue weighted by molar-refractivity contribution is -1.18. The molecular formula is C20H30N2O+2. The van der Waals surface area contributed by atoms with E-state index in [0.29, 0.717) is 11.9 Å². The fourth-order valence-corrected chi connectivity index (χ4v) is 5.91. The number of benzene rings is 1. The molecule has 124 valence electrons. The van der Waals surface area contributed by atoms with Crippen LogP contribution in [0.2, 0.25) is 0 Å². The number of Topliss-reactive ketones (excluding diaryl/α,β-unsaturated/α-hetero) is 1. The van der Waals surface area contributed by atoms with Crippen molar-refractivity contribution >= 4 is 5.78 Å². The Morgan fingerprint density at radius 2 is 1.87 bits per heavy atom. The standard InChI is InChI=1S/C20H28N2O/c1-4-5-9-20-13-21-11-19(3,18(20)23)12-22(14-20)17(21)16-8-6-7-15(2)10-16/h6-8,10,17H,4-5,9,11-14H2,1-3H3/p+2. The van der Waals surface area contributed by atoms with Gasteiger partial charge in [0, 0.05) is 0 Å². The van der Waals surface area contributed by atoms with E-state index in [9.17, 15) is 4.79 Å². The van der Waals surface area contributed by atoms with Crippen molar-refractivity contribution in [1.82, 2.24) is 0 Å². The molecule has 1 aromatic rings. The fourth-order valence-electron chi connectivity index (χ4n) is 5.91. The van der Waals surface area contributed by atoms with Crippen molar-refractivity contribution in [1.29, 1.82) is 0 Å². The van der Waals surface area contributed by atoms with Gasteiger partial charge < -0.3 is 0 Å². The van der Waals surface area contributed by atoms with Crippen molar-refractivity contribution in [2.75, 3.05) is 26.2 Å². The molecule has 4 fully saturated rings. The Balaban J connectivity index is 1.69. The third kappa shape index (κ3) is 2.20. The molecule has 4 aliphatic heterocycles. The lowest BCUT2D eigenvalue weighted by Gasteiger charge is -2.59. The molecule has 0 aliphatic carbocycles. The number of ketones is 1. The summed E-state index contributed by atoms with van der Waals surface area (Å²) in [7, 11) is 0. The molecular weight excluding hydrogens is 284 g/mol. The molecule has 0 amide bonds. The van der Waals surface area contributed by atoms with Gasteiger partial charge in [0.05, 0.1) is 18.7 Å². The highest BCUT2D eigenvalue weighted by atomic mass is 16.1. The summed E-state index contributed by atoms with van der Waals surface area (Å²) in [6, 6.07) is 9.03. The van der Waals surface area contributed by atoms with Gasteiger partial charge in [-0.1, -0.05) is 37.5 Å². The third-order valence-electron chi connectivity index (χ3n) is 6.60. The Bertz CT molecular complexity index is 622. The SMILES string of the molecule is CCCCC12C[NH+]3CC(C)(C[NH+](C1)C3c1cccc(C)c1)C2=O. The van der Waals surface area contributed by atoms with Gasteiger partial charge in [-0.05, 0) is 32.4 Å². The normalized spacial score (nSPS) is 41.5. The molecule has 0 radical (unpaired) electrons. The topological polar surface area (TPSA) is 26.0 Å². The molecule has 23 heavy (non-hydrogen) atoms. The highest BCUT2D eigenvalue weighted by molar-refractivity contribution is 5.91. The van der Waals surface area contributed by atoms with E-state index in [-0.39, 0.29) is 10.8 Å². The first-order valence-electron chi connectivity index (χ1n) is 9.28. The first-order valence-corrected chi connectivity index (χ1v) is 9.28. The van der Waals surface area contributed by atoms with E-state index in [0.717, 1.165) is 32.6 Å². The van der Waals surface area contributed by atoms with Crippen LogP contribution in [0.3, 0.4) is 0 Å². The van der Waals surface area contributed by atoms with Crippen LogP contribution in [-0.4, -0.2) is 32.0 Å². The quantitative estimate of drug-likeness (QED) is 0.834. The predicted octanol–water partition coefficient (Wildman–Crippen LogP) is 0.556. The highest BCUT2D eigenvalue weighted by Crippen LogP contribution is 2.39. The fraction of sp³-hybridized carbons (Fsp3) is 0.650. The van der Waals surface area contributed by atoms with Gasteiger partial charge in [-0.15, -0.1) is 0 Å². The number of carbonyl (C=O) groups is 1. The largest absolute Gasteiger partial charge is 0.297 e. The predicted molar refractivity (Wildman–Crippen MR) is 90.4 cm³/mol. The van der Waals surface area contributed by atoms with Crippen LogP contribution in [0.5, 0.6) is 0 Å². The van der Waals surface area contributed by atoms with E-state index in [1.165, 1.54) is 24.0 Å². The maximum atomic E-state index is 13.2. The molecule has 4 aliphatic rings. The number of rotatable bonds is 4. The van der Waals surface area contributed by atoms with Crippen molar-refractivity contribution in [3.63, 3.8) is 0 Å². The summed E-state index contributed by atoms with van der Waals surface area (Å²) in [5, 5.41) is 0. The van der Waals surface area contributed by atoms with Gasteiger partial charge >= 0.3 is 0 Å².